The molecule has 0 saturated carbocycles. The van der Waals surface area contributed by atoms with E-state index >= 15 is 0 Å². The molecule has 2 aromatic heterocycles. The molecule has 1 aromatic carbocycles. The first-order valence-corrected chi connectivity index (χ1v) is 11.1. The van der Waals surface area contributed by atoms with Crippen molar-refractivity contribution in [3.63, 3.8) is 0 Å². The maximum absolute atomic E-state index is 12.7. The van der Waals surface area contributed by atoms with Crippen LogP contribution in [0.25, 0.3) is 0 Å². The van der Waals surface area contributed by atoms with Crippen LogP contribution in [0, 0.1) is 0 Å². The molecular weight excluding hydrogens is 454 g/mol. The fraction of sp³-hybridized carbons (Fsp3) is 0.350. The Morgan fingerprint density at radius 3 is 2.72 bits per heavy atom. The molecule has 0 aliphatic carbocycles. The molecule has 2 atom stereocenters. The average Bonchev–Trinajstić information content (AvgIpc) is 3.44. The summed E-state index contributed by atoms with van der Waals surface area (Å²) in [4.78, 5) is 14.8. The fourth-order valence-corrected chi connectivity index (χ4v) is 4.29. The maximum Gasteiger partial charge on any atom is 0.259 e. The predicted octanol–water partition coefficient (Wildman–Crippen LogP) is 3.01. The molecule has 4 rings (SSSR count). The smallest absolute Gasteiger partial charge is 0.259 e. The van der Waals surface area contributed by atoms with Gasteiger partial charge in [0.2, 0.25) is 10.3 Å². The topological polar surface area (TPSA) is 114 Å². The molecule has 12 heteroatoms. The molecule has 1 saturated heterocycles. The summed E-state index contributed by atoms with van der Waals surface area (Å²) in [5.41, 5.74) is 0.712. The molecule has 168 valence electrons. The van der Waals surface area contributed by atoms with Gasteiger partial charge in [-0.25, -0.2) is 0 Å². The van der Waals surface area contributed by atoms with Crippen LogP contribution in [0.5, 0.6) is 5.75 Å². The van der Waals surface area contributed by atoms with Gasteiger partial charge in [-0.2, -0.15) is 5.10 Å². The summed E-state index contributed by atoms with van der Waals surface area (Å²) < 4.78 is 10.5. The molecular formula is C20H22ClN7O3S. The lowest BCUT2D eigenvalue weighted by molar-refractivity contribution is -0.126. The van der Waals surface area contributed by atoms with Crippen molar-refractivity contribution in [2.24, 2.45) is 0 Å². The maximum atomic E-state index is 12.7. The number of carbonyl (C=O) groups excluding carboxylic acids is 1. The van der Waals surface area contributed by atoms with Crippen molar-refractivity contribution in [2.75, 3.05) is 42.8 Å². The van der Waals surface area contributed by atoms with Crippen molar-refractivity contribution in [3.05, 3.63) is 47.1 Å². The van der Waals surface area contributed by atoms with E-state index in [1.54, 1.807) is 37.4 Å². The molecule has 1 fully saturated rings. The number of nitrogens with one attached hydrogen (secondary N) is 2. The summed E-state index contributed by atoms with van der Waals surface area (Å²) >= 11 is 7.28. The quantitative estimate of drug-likeness (QED) is 0.507. The average molecular weight is 476 g/mol. The Hall–Kier alpha value is -3.02. The third-order valence-electron chi connectivity index (χ3n) is 5.00. The van der Waals surface area contributed by atoms with Crippen LogP contribution in [0.15, 0.2) is 36.5 Å². The Morgan fingerprint density at radius 2 is 2.00 bits per heavy atom. The summed E-state index contributed by atoms with van der Waals surface area (Å²) in [6.45, 7) is 1.56. The van der Waals surface area contributed by atoms with Gasteiger partial charge in [-0.3, -0.25) is 10.1 Å². The molecule has 0 bridgehead atoms. The van der Waals surface area contributed by atoms with Gasteiger partial charge in [0, 0.05) is 32.3 Å². The number of anilines is 3. The van der Waals surface area contributed by atoms with Crippen LogP contribution in [0.1, 0.15) is 18.1 Å². The second-order valence-electron chi connectivity index (χ2n) is 7.10. The van der Waals surface area contributed by atoms with Crippen LogP contribution < -0.4 is 20.3 Å². The number of hydrogen-bond donors (Lipinski definition) is 2. The zero-order valence-corrected chi connectivity index (χ0v) is 19.1. The van der Waals surface area contributed by atoms with Gasteiger partial charge < -0.3 is 19.7 Å². The lowest BCUT2D eigenvalue weighted by Gasteiger charge is -2.17. The fourth-order valence-electron chi connectivity index (χ4n) is 3.42. The van der Waals surface area contributed by atoms with Gasteiger partial charge >= 0.3 is 0 Å². The SMILES string of the molecule is COc1ccc(C(OC)C(=O)Nc2nnc(N[C@@H]3CCN(c4cc(Cl)cnn4)C3)s2)cc1. The Morgan fingerprint density at radius 1 is 1.22 bits per heavy atom. The number of aromatic nitrogens is 4. The van der Waals surface area contributed by atoms with Crippen molar-refractivity contribution in [2.45, 2.75) is 18.6 Å². The van der Waals surface area contributed by atoms with Crippen LogP contribution in [0.3, 0.4) is 0 Å². The van der Waals surface area contributed by atoms with Gasteiger partial charge in [0.1, 0.15) is 5.75 Å². The van der Waals surface area contributed by atoms with E-state index in [4.69, 9.17) is 21.1 Å². The number of ether oxygens (including phenoxy) is 2. The van der Waals surface area contributed by atoms with Gasteiger partial charge in [-0.1, -0.05) is 35.1 Å². The van der Waals surface area contributed by atoms with E-state index in [-0.39, 0.29) is 11.9 Å². The molecule has 0 spiro atoms. The molecule has 32 heavy (non-hydrogen) atoms. The lowest BCUT2D eigenvalue weighted by atomic mass is 10.1. The number of carbonyl (C=O) groups is 1. The van der Waals surface area contributed by atoms with E-state index in [0.717, 1.165) is 25.3 Å². The summed E-state index contributed by atoms with van der Waals surface area (Å²) in [7, 11) is 3.07. The van der Waals surface area contributed by atoms with Gasteiger partial charge in [0.25, 0.3) is 5.91 Å². The highest BCUT2D eigenvalue weighted by Crippen LogP contribution is 2.27. The van der Waals surface area contributed by atoms with Crippen LogP contribution in [-0.2, 0) is 9.53 Å². The number of benzene rings is 1. The number of rotatable bonds is 8. The molecule has 1 amide bonds. The van der Waals surface area contributed by atoms with E-state index in [1.165, 1.54) is 24.6 Å². The number of methoxy groups -OCH3 is 2. The first-order valence-electron chi connectivity index (χ1n) is 9.86. The standard InChI is InChI=1S/C20H22ClN7O3S/c1-30-15-5-3-12(4-6-15)17(31-2)18(29)24-20-27-26-19(32-20)23-14-7-8-28(11-14)16-9-13(21)10-22-25-16/h3-6,9-10,14,17H,7-8,11H2,1-2H3,(H,23,26)(H,24,27,29)/t14-,17?/m1/s1. The van der Waals surface area contributed by atoms with Crippen molar-refractivity contribution in [3.8, 4) is 5.75 Å². The Balaban J connectivity index is 1.33. The number of amides is 1. The monoisotopic (exact) mass is 475 g/mol. The highest BCUT2D eigenvalue weighted by Gasteiger charge is 2.26. The highest BCUT2D eigenvalue weighted by molar-refractivity contribution is 7.19. The number of hydrogen-bond acceptors (Lipinski definition) is 10. The van der Waals surface area contributed by atoms with Crippen LogP contribution in [0.4, 0.5) is 16.1 Å². The summed E-state index contributed by atoms with van der Waals surface area (Å²) in [6.07, 6.45) is 1.64. The van der Waals surface area contributed by atoms with Gasteiger partial charge in [0.15, 0.2) is 11.9 Å². The first-order chi connectivity index (χ1) is 15.6. The minimum Gasteiger partial charge on any atom is -0.497 e. The van der Waals surface area contributed by atoms with E-state index in [9.17, 15) is 4.79 Å². The highest BCUT2D eigenvalue weighted by atomic mass is 35.5. The number of nitrogens with zero attached hydrogens (tertiary/aromatic N) is 5. The Kier molecular flexibility index (Phi) is 6.98. The van der Waals surface area contributed by atoms with E-state index in [0.29, 0.717) is 26.6 Å². The molecule has 0 radical (unpaired) electrons. The molecule has 2 N–H and O–H groups in total. The molecule has 3 heterocycles. The second kappa shape index (κ2) is 10.1. The third kappa shape index (κ3) is 5.23. The van der Waals surface area contributed by atoms with Crippen molar-refractivity contribution in [1.29, 1.82) is 0 Å². The van der Waals surface area contributed by atoms with Crippen molar-refractivity contribution >= 4 is 44.9 Å². The van der Waals surface area contributed by atoms with Crippen LogP contribution >= 0.6 is 22.9 Å². The Labute approximate surface area is 193 Å². The minimum atomic E-state index is -0.775. The van der Waals surface area contributed by atoms with E-state index in [1.807, 2.05) is 0 Å². The summed E-state index contributed by atoms with van der Waals surface area (Å²) in [5.74, 6) is 1.12. The third-order valence-corrected chi connectivity index (χ3v) is 5.97. The Bertz CT molecular complexity index is 1070. The minimum absolute atomic E-state index is 0.165. The van der Waals surface area contributed by atoms with Crippen molar-refractivity contribution < 1.29 is 14.3 Å². The summed E-state index contributed by atoms with van der Waals surface area (Å²) in [5, 5.41) is 24.0. The largest absolute Gasteiger partial charge is 0.497 e. The zero-order valence-electron chi connectivity index (χ0n) is 17.5. The van der Waals surface area contributed by atoms with E-state index < -0.39 is 6.10 Å². The molecule has 1 aliphatic rings. The second-order valence-corrected chi connectivity index (χ2v) is 8.51. The lowest BCUT2D eigenvalue weighted by Crippen LogP contribution is -2.26. The van der Waals surface area contributed by atoms with Gasteiger partial charge in [0.05, 0.1) is 18.3 Å². The molecule has 10 nitrogen and oxygen atoms in total. The number of halogens is 1. The molecule has 1 unspecified atom stereocenters. The van der Waals surface area contributed by atoms with Gasteiger partial charge in [-0.05, 0) is 24.1 Å². The zero-order chi connectivity index (χ0) is 22.5. The molecule has 3 aromatic rings. The van der Waals surface area contributed by atoms with E-state index in [2.05, 4.69) is 35.9 Å². The predicted molar refractivity (Wildman–Crippen MR) is 123 cm³/mol. The normalized spacial score (nSPS) is 16.6. The first kappa shape index (κ1) is 22.2. The van der Waals surface area contributed by atoms with Gasteiger partial charge in [-0.15, -0.1) is 15.3 Å². The van der Waals surface area contributed by atoms with Crippen LogP contribution in [-0.4, -0.2) is 59.7 Å². The van der Waals surface area contributed by atoms with Crippen molar-refractivity contribution in [1.82, 2.24) is 20.4 Å². The van der Waals surface area contributed by atoms with Crippen LogP contribution in [0.2, 0.25) is 5.02 Å². The summed E-state index contributed by atoms with van der Waals surface area (Å²) in [6, 6.07) is 9.09. The molecule has 1 aliphatic heterocycles.